The van der Waals surface area contributed by atoms with E-state index in [4.69, 9.17) is 23.3 Å². The minimum atomic E-state index is -1.31. The van der Waals surface area contributed by atoms with Crippen molar-refractivity contribution in [2.24, 2.45) is 29.4 Å². The van der Waals surface area contributed by atoms with Crippen LogP contribution in [0.2, 0.25) is 0 Å². The molecule has 10 N–H and O–H groups in total. The van der Waals surface area contributed by atoms with Crippen molar-refractivity contribution in [1.82, 2.24) is 10.6 Å². The van der Waals surface area contributed by atoms with E-state index in [1.165, 1.54) is 0 Å². The van der Waals surface area contributed by atoms with Crippen molar-refractivity contribution in [1.29, 1.82) is 0 Å². The first-order chi connectivity index (χ1) is 26.9. The summed E-state index contributed by atoms with van der Waals surface area (Å²) in [6, 6.07) is 9.66. The minimum absolute atomic E-state index is 0.0162. The van der Waals surface area contributed by atoms with Crippen molar-refractivity contribution in [3.8, 4) is 0 Å². The average molecular weight is 799 g/mol. The number of benzene rings is 2. The van der Waals surface area contributed by atoms with Gasteiger partial charge in [0.25, 0.3) is 0 Å². The van der Waals surface area contributed by atoms with E-state index >= 15 is 0 Å². The maximum atomic E-state index is 13.2. The number of hydrogen-bond donors (Lipinski definition) is 7. The van der Waals surface area contributed by atoms with Crippen molar-refractivity contribution < 1.29 is 39.3 Å². The Labute approximate surface area is 337 Å². The lowest BCUT2D eigenvalue weighted by atomic mass is 9.86. The van der Waals surface area contributed by atoms with Gasteiger partial charge < -0.3 is 43.2 Å². The number of alkyl halides is 1. The number of Topliss-reactive ketones (excluding diaryl/α,β-unsaturated/α-hetero) is 2. The van der Waals surface area contributed by atoms with Gasteiger partial charge in [0, 0.05) is 24.7 Å². The van der Waals surface area contributed by atoms with E-state index in [2.05, 4.69) is 21.3 Å². The second-order valence-electron chi connectivity index (χ2n) is 17.0. The maximum Gasteiger partial charge on any atom is 0.408 e. The number of alkyl carbamates (subject to hydrolysis) is 1. The molecule has 2 aliphatic heterocycles. The third kappa shape index (κ3) is 14.8. The Morgan fingerprint density at radius 2 is 1.26 bits per heavy atom. The Hall–Kier alpha value is -5.05. The zero-order valence-corrected chi connectivity index (χ0v) is 34.8. The zero-order valence-electron chi connectivity index (χ0n) is 35.8. The van der Waals surface area contributed by atoms with Gasteiger partial charge >= 0.3 is 6.09 Å². The molecular weight excluding hydrogens is 734 g/mol. The molecule has 2 aromatic rings. The van der Waals surface area contributed by atoms with E-state index in [0.29, 0.717) is 54.4 Å². The standard InChI is InChI=1S/C25H38N4O5.C16H23N3O2.CH3F/c1-14(2)11-18(27-22(32)25(6,7)29-23(33)34-24(3,4)5)19(30)13-16-12-15-9-8-10-17(26)20(15)28-21(16)31;1-9(2)6-13(18)14(20)8-11-7-10-4-3-5-12(17)15(10)19-16(11)21;1-2/h8-10,14,16,18H,11-13,26H2,1-7H3,(H,27,32)(H,28,31)(H,29,33);3-5,9,11,13H,6-8,17-18H2,1-2H3,(H,19,21);1H3/t16?,18-;11?,13-;/m11./s1/i;;1D. The summed E-state index contributed by atoms with van der Waals surface area (Å²) >= 11 is 0. The summed E-state index contributed by atoms with van der Waals surface area (Å²) in [6.45, 7) is 16.2. The largest absolute Gasteiger partial charge is 0.444 e. The summed E-state index contributed by atoms with van der Waals surface area (Å²) in [4.78, 5) is 75.3. The van der Waals surface area contributed by atoms with Gasteiger partial charge in [-0.2, -0.15) is 0 Å². The third-order valence-corrected chi connectivity index (χ3v) is 9.35. The molecular formula is C42H64FN7O7. The third-order valence-electron chi connectivity index (χ3n) is 9.35. The summed E-state index contributed by atoms with van der Waals surface area (Å²) in [6.07, 6.45) is 1.43. The second kappa shape index (κ2) is 20.9. The van der Waals surface area contributed by atoms with E-state index < -0.39 is 48.3 Å². The quantitative estimate of drug-likeness (QED) is 0.126. The number of amides is 4. The molecule has 0 aliphatic carbocycles. The highest BCUT2D eigenvalue weighted by atomic mass is 19.1. The SMILES string of the molecule is CC(C)C[C@@H](N)C(=O)CC1Cc2cccc(N)c2NC1=O.CC(C)C[C@@H](NC(=O)C(C)(C)NC(=O)OC(C)(C)C)C(=O)CC1Cc2cccc(N)c2NC1=O.[2H]CF. The van der Waals surface area contributed by atoms with Gasteiger partial charge in [-0.05, 0) is 95.4 Å². The number of nitrogen functional groups attached to an aromatic ring is 2. The first kappa shape index (κ1) is 46.3. The normalized spacial score (nSPS) is 17.4. The molecule has 0 saturated heterocycles. The fraction of sp³-hybridized carbons (Fsp3) is 0.571. The Balaban J connectivity index is 0.000000411. The van der Waals surface area contributed by atoms with Crippen molar-refractivity contribution in [3.63, 3.8) is 0 Å². The number of carbonyl (C=O) groups is 6. The number of nitrogens with one attached hydrogen (secondary N) is 4. The van der Waals surface area contributed by atoms with Gasteiger partial charge in [0.1, 0.15) is 16.9 Å². The minimum Gasteiger partial charge on any atom is -0.444 e. The number of nitrogens with two attached hydrogens (primary N) is 3. The molecule has 2 aromatic carbocycles. The molecule has 2 aliphatic rings. The van der Waals surface area contributed by atoms with E-state index in [9.17, 15) is 33.2 Å². The number of carbonyl (C=O) groups excluding carboxylic acids is 6. The molecule has 15 heteroatoms. The van der Waals surface area contributed by atoms with Gasteiger partial charge in [0.05, 0.1) is 43.4 Å². The van der Waals surface area contributed by atoms with Gasteiger partial charge in [-0.3, -0.25) is 28.4 Å². The number of anilines is 4. The lowest BCUT2D eigenvalue weighted by Gasteiger charge is -2.31. The predicted octanol–water partition coefficient (Wildman–Crippen LogP) is 5.47. The van der Waals surface area contributed by atoms with Crippen molar-refractivity contribution in [3.05, 3.63) is 47.5 Å². The van der Waals surface area contributed by atoms with Crippen LogP contribution < -0.4 is 38.5 Å². The van der Waals surface area contributed by atoms with Crippen LogP contribution in [0, 0.1) is 23.7 Å². The van der Waals surface area contributed by atoms with Crippen molar-refractivity contribution in [2.75, 3.05) is 29.3 Å². The molecule has 0 aromatic heterocycles. The fourth-order valence-corrected chi connectivity index (χ4v) is 6.50. The number of para-hydroxylation sites is 2. The van der Waals surface area contributed by atoms with E-state index in [1.807, 2.05) is 52.0 Å². The van der Waals surface area contributed by atoms with Gasteiger partial charge in [0.15, 0.2) is 5.78 Å². The molecule has 4 amide bonds. The molecule has 0 radical (unpaired) electrons. The summed E-state index contributed by atoms with van der Waals surface area (Å²) < 4.78 is 20.7. The van der Waals surface area contributed by atoms with Gasteiger partial charge in [-0.15, -0.1) is 0 Å². The van der Waals surface area contributed by atoms with Crippen LogP contribution in [0.4, 0.5) is 31.9 Å². The van der Waals surface area contributed by atoms with E-state index in [-0.39, 0.29) is 48.1 Å². The second-order valence-corrected chi connectivity index (χ2v) is 17.0. The van der Waals surface area contributed by atoms with Crippen LogP contribution in [0.15, 0.2) is 36.4 Å². The van der Waals surface area contributed by atoms with Crippen LogP contribution in [0.5, 0.6) is 0 Å². The Kier molecular flexibility index (Phi) is 17.0. The number of fused-ring (bicyclic) bond motifs is 2. The molecule has 4 atom stereocenters. The molecule has 0 saturated carbocycles. The number of ketones is 2. The van der Waals surface area contributed by atoms with Gasteiger partial charge in [0.2, 0.25) is 17.7 Å². The van der Waals surface area contributed by atoms with E-state index in [0.717, 1.165) is 11.1 Å². The highest BCUT2D eigenvalue weighted by Gasteiger charge is 2.37. The van der Waals surface area contributed by atoms with Crippen molar-refractivity contribution >= 4 is 58.1 Å². The molecule has 316 valence electrons. The van der Waals surface area contributed by atoms with Crippen LogP contribution in [0.25, 0.3) is 0 Å². The predicted molar refractivity (Wildman–Crippen MR) is 222 cm³/mol. The van der Waals surface area contributed by atoms with Crippen LogP contribution in [-0.4, -0.2) is 65.8 Å². The van der Waals surface area contributed by atoms with E-state index in [1.54, 1.807) is 46.8 Å². The summed E-state index contributed by atoms with van der Waals surface area (Å²) in [5.74, 6) is -1.62. The highest BCUT2D eigenvalue weighted by Crippen LogP contribution is 2.33. The first-order valence-electron chi connectivity index (χ1n) is 19.9. The monoisotopic (exact) mass is 798 g/mol. The Bertz CT molecular complexity index is 1780. The van der Waals surface area contributed by atoms with Gasteiger partial charge in [-0.1, -0.05) is 52.0 Å². The molecule has 57 heavy (non-hydrogen) atoms. The molecule has 2 unspecified atom stereocenters. The maximum absolute atomic E-state index is 13.2. The van der Waals surface area contributed by atoms with Gasteiger partial charge in [-0.25, -0.2) is 4.79 Å². The first-order valence-corrected chi connectivity index (χ1v) is 19.2. The molecule has 2 heterocycles. The molecule has 14 nitrogen and oxygen atoms in total. The molecule has 0 spiro atoms. The lowest BCUT2D eigenvalue weighted by molar-refractivity contribution is -0.132. The highest BCUT2D eigenvalue weighted by molar-refractivity contribution is 6.03. The van der Waals surface area contributed by atoms with Crippen LogP contribution in [-0.2, 0) is 41.6 Å². The number of rotatable bonds is 13. The Morgan fingerprint density at radius 1 is 0.825 bits per heavy atom. The molecule has 4 rings (SSSR count). The summed E-state index contributed by atoms with van der Waals surface area (Å²) in [7, 11) is -1.00. The van der Waals surface area contributed by atoms with Crippen LogP contribution >= 0.6 is 0 Å². The molecule has 0 fully saturated rings. The number of halogens is 1. The summed E-state index contributed by atoms with van der Waals surface area (Å²) in [5.41, 5.74) is 19.9. The Morgan fingerprint density at radius 3 is 1.68 bits per heavy atom. The van der Waals surface area contributed by atoms with Crippen LogP contribution in [0.1, 0.15) is 100 Å². The lowest BCUT2D eigenvalue weighted by Crippen LogP contribution is -2.58. The van der Waals surface area contributed by atoms with Crippen molar-refractivity contribution in [2.45, 2.75) is 124 Å². The fourth-order valence-electron chi connectivity index (χ4n) is 6.50. The number of hydrogen-bond acceptors (Lipinski definition) is 10. The topological polar surface area (TPSA) is 238 Å². The number of ether oxygens (including phenoxy) is 1. The zero-order chi connectivity index (χ0) is 44.1. The average Bonchev–Trinajstić information content (AvgIpc) is 3.08. The smallest absolute Gasteiger partial charge is 0.408 e. The summed E-state index contributed by atoms with van der Waals surface area (Å²) in [5, 5.41) is 10.9. The molecule has 0 bridgehead atoms. The van der Waals surface area contributed by atoms with Crippen LogP contribution in [0.3, 0.4) is 0 Å².